The molecule has 1 aliphatic rings. The van der Waals surface area contributed by atoms with Crippen molar-refractivity contribution in [3.63, 3.8) is 0 Å². The first-order chi connectivity index (χ1) is 7.00. The first-order valence-electron chi connectivity index (χ1n) is 6.04. The van der Waals surface area contributed by atoms with E-state index in [2.05, 4.69) is 20.8 Å². The fraction of sp³-hybridized carbons (Fsp3) is 0.917. The van der Waals surface area contributed by atoms with Gasteiger partial charge >= 0.3 is 0 Å². The molecule has 0 aromatic rings. The molecule has 1 aliphatic heterocycles. The van der Waals surface area contributed by atoms with Gasteiger partial charge in [0.05, 0.1) is 0 Å². The normalized spacial score (nSPS) is 20.7. The molecular formula is C12H24N2O. The van der Waals surface area contributed by atoms with Gasteiger partial charge in [0.15, 0.2) is 0 Å². The number of likely N-dealkylation sites (tertiary alicyclic amines) is 1. The van der Waals surface area contributed by atoms with Gasteiger partial charge in [-0.1, -0.05) is 20.8 Å². The van der Waals surface area contributed by atoms with E-state index in [4.69, 9.17) is 5.73 Å². The van der Waals surface area contributed by atoms with Crippen LogP contribution in [0.15, 0.2) is 0 Å². The summed E-state index contributed by atoms with van der Waals surface area (Å²) >= 11 is 0. The van der Waals surface area contributed by atoms with Crippen molar-refractivity contribution in [2.75, 3.05) is 13.1 Å². The minimum Gasteiger partial charge on any atom is -0.343 e. The van der Waals surface area contributed by atoms with Gasteiger partial charge in [0.25, 0.3) is 0 Å². The standard InChI is InChI=1S/C12H24N2O/c1-9(2)10(3)8-12(15)14-6-4-11(13)5-7-14/h9-11H,4-8,13H2,1-3H3. The Hall–Kier alpha value is -0.570. The summed E-state index contributed by atoms with van der Waals surface area (Å²) in [5.74, 6) is 1.37. The molecule has 3 heteroatoms. The average molecular weight is 212 g/mol. The van der Waals surface area contributed by atoms with Crippen LogP contribution >= 0.6 is 0 Å². The Morgan fingerprint density at radius 3 is 2.33 bits per heavy atom. The highest BCUT2D eigenvalue weighted by Gasteiger charge is 2.22. The quantitative estimate of drug-likeness (QED) is 0.772. The van der Waals surface area contributed by atoms with Crippen LogP contribution < -0.4 is 5.73 Å². The summed E-state index contributed by atoms with van der Waals surface area (Å²) in [5.41, 5.74) is 5.81. The highest BCUT2D eigenvalue weighted by atomic mass is 16.2. The van der Waals surface area contributed by atoms with Crippen molar-refractivity contribution in [2.45, 2.75) is 46.1 Å². The van der Waals surface area contributed by atoms with E-state index in [0.717, 1.165) is 25.9 Å². The molecule has 0 aromatic heterocycles. The van der Waals surface area contributed by atoms with Crippen molar-refractivity contribution in [3.8, 4) is 0 Å². The Labute approximate surface area is 93.0 Å². The molecule has 2 N–H and O–H groups in total. The van der Waals surface area contributed by atoms with Gasteiger partial charge in [0, 0.05) is 25.6 Å². The molecule has 1 unspecified atom stereocenters. The molecule has 1 saturated heterocycles. The fourth-order valence-corrected chi connectivity index (χ4v) is 1.79. The molecule has 0 bridgehead atoms. The minimum atomic E-state index is 0.302. The van der Waals surface area contributed by atoms with Crippen LogP contribution in [0.2, 0.25) is 0 Å². The van der Waals surface area contributed by atoms with E-state index in [1.807, 2.05) is 4.90 Å². The van der Waals surface area contributed by atoms with Gasteiger partial charge in [-0.3, -0.25) is 4.79 Å². The van der Waals surface area contributed by atoms with E-state index >= 15 is 0 Å². The van der Waals surface area contributed by atoms with Crippen LogP contribution in [0, 0.1) is 11.8 Å². The van der Waals surface area contributed by atoms with Gasteiger partial charge in [0.1, 0.15) is 0 Å². The third kappa shape index (κ3) is 3.82. The van der Waals surface area contributed by atoms with E-state index < -0.39 is 0 Å². The molecule has 1 atom stereocenters. The minimum absolute atomic E-state index is 0.302. The second-order valence-electron chi connectivity index (χ2n) is 5.14. The van der Waals surface area contributed by atoms with Crippen molar-refractivity contribution < 1.29 is 4.79 Å². The summed E-state index contributed by atoms with van der Waals surface area (Å²) in [6, 6.07) is 0.302. The van der Waals surface area contributed by atoms with Crippen LogP contribution in [0.3, 0.4) is 0 Å². The molecule has 1 amide bonds. The van der Waals surface area contributed by atoms with Gasteiger partial charge in [-0.2, -0.15) is 0 Å². The van der Waals surface area contributed by atoms with Crippen LogP contribution in [-0.4, -0.2) is 29.9 Å². The molecule has 0 aromatic carbocycles. The van der Waals surface area contributed by atoms with Gasteiger partial charge in [-0.25, -0.2) is 0 Å². The third-order valence-corrected chi connectivity index (χ3v) is 3.53. The molecule has 0 spiro atoms. The smallest absolute Gasteiger partial charge is 0.222 e. The lowest BCUT2D eigenvalue weighted by Crippen LogP contribution is -2.43. The van der Waals surface area contributed by atoms with E-state index in [1.165, 1.54) is 0 Å². The summed E-state index contributed by atoms with van der Waals surface area (Å²) in [5, 5.41) is 0. The van der Waals surface area contributed by atoms with E-state index in [-0.39, 0.29) is 0 Å². The Bertz CT molecular complexity index is 208. The molecule has 1 fully saturated rings. The lowest BCUT2D eigenvalue weighted by atomic mass is 9.93. The summed E-state index contributed by atoms with van der Waals surface area (Å²) < 4.78 is 0. The molecule has 88 valence electrons. The molecule has 1 rings (SSSR count). The summed E-state index contributed by atoms with van der Waals surface area (Å²) in [6.45, 7) is 8.20. The maximum atomic E-state index is 11.9. The van der Waals surface area contributed by atoms with Gasteiger partial charge in [-0.15, -0.1) is 0 Å². The van der Waals surface area contributed by atoms with Crippen LogP contribution in [-0.2, 0) is 4.79 Å². The summed E-state index contributed by atoms with van der Waals surface area (Å²) in [7, 11) is 0. The monoisotopic (exact) mass is 212 g/mol. The van der Waals surface area contributed by atoms with Gasteiger partial charge < -0.3 is 10.6 Å². The number of hydrogen-bond donors (Lipinski definition) is 1. The molecular weight excluding hydrogens is 188 g/mol. The molecule has 3 nitrogen and oxygen atoms in total. The molecule has 15 heavy (non-hydrogen) atoms. The number of rotatable bonds is 3. The average Bonchev–Trinajstić information content (AvgIpc) is 2.18. The molecule has 1 heterocycles. The Morgan fingerprint density at radius 2 is 1.87 bits per heavy atom. The zero-order valence-electron chi connectivity index (χ0n) is 10.2. The number of amides is 1. The lowest BCUT2D eigenvalue weighted by molar-refractivity contribution is -0.133. The van der Waals surface area contributed by atoms with Crippen LogP contribution in [0.25, 0.3) is 0 Å². The Morgan fingerprint density at radius 1 is 1.33 bits per heavy atom. The van der Waals surface area contributed by atoms with Crippen LogP contribution in [0.5, 0.6) is 0 Å². The van der Waals surface area contributed by atoms with Gasteiger partial charge in [-0.05, 0) is 24.7 Å². The first kappa shape index (κ1) is 12.5. The number of nitrogens with zero attached hydrogens (tertiary/aromatic N) is 1. The summed E-state index contributed by atoms with van der Waals surface area (Å²) in [4.78, 5) is 13.9. The molecule has 0 saturated carbocycles. The third-order valence-electron chi connectivity index (χ3n) is 3.53. The van der Waals surface area contributed by atoms with Crippen molar-refractivity contribution in [1.29, 1.82) is 0 Å². The number of piperidine rings is 1. The topological polar surface area (TPSA) is 46.3 Å². The Kier molecular flexibility index (Phi) is 4.58. The zero-order chi connectivity index (χ0) is 11.4. The van der Waals surface area contributed by atoms with Crippen LogP contribution in [0.1, 0.15) is 40.0 Å². The number of nitrogens with two attached hydrogens (primary N) is 1. The Balaban J connectivity index is 2.34. The van der Waals surface area contributed by atoms with Gasteiger partial charge in [0.2, 0.25) is 5.91 Å². The van der Waals surface area contributed by atoms with Crippen LogP contribution in [0.4, 0.5) is 0 Å². The highest BCUT2D eigenvalue weighted by molar-refractivity contribution is 5.76. The van der Waals surface area contributed by atoms with Crippen molar-refractivity contribution in [3.05, 3.63) is 0 Å². The van der Waals surface area contributed by atoms with Crippen molar-refractivity contribution in [1.82, 2.24) is 4.90 Å². The second-order valence-corrected chi connectivity index (χ2v) is 5.14. The summed E-state index contributed by atoms with van der Waals surface area (Å²) in [6.07, 6.45) is 2.61. The molecule has 0 aliphatic carbocycles. The van der Waals surface area contributed by atoms with Crippen molar-refractivity contribution >= 4 is 5.91 Å². The SMILES string of the molecule is CC(C)C(C)CC(=O)N1CCC(N)CC1. The molecule has 0 radical (unpaired) electrons. The zero-order valence-corrected chi connectivity index (χ0v) is 10.2. The van der Waals surface area contributed by atoms with E-state index in [0.29, 0.717) is 30.2 Å². The predicted octanol–water partition coefficient (Wildman–Crippen LogP) is 1.62. The first-order valence-corrected chi connectivity index (χ1v) is 6.04. The van der Waals surface area contributed by atoms with E-state index in [9.17, 15) is 4.79 Å². The number of carbonyl (C=O) groups excluding carboxylic acids is 1. The largest absolute Gasteiger partial charge is 0.343 e. The fourth-order valence-electron chi connectivity index (χ4n) is 1.79. The maximum absolute atomic E-state index is 11.9. The second kappa shape index (κ2) is 5.50. The predicted molar refractivity (Wildman–Crippen MR) is 62.4 cm³/mol. The van der Waals surface area contributed by atoms with E-state index in [1.54, 1.807) is 0 Å². The maximum Gasteiger partial charge on any atom is 0.222 e. The number of carbonyl (C=O) groups is 1. The number of hydrogen-bond acceptors (Lipinski definition) is 2. The van der Waals surface area contributed by atoms with Crippen molar-refractivity contribution in [2.24, 2.45) is 17.6 Å². The highest BCUT2D eigenvalue weighted by Crippen LogP contribution is 2.17. The lowest BCUT2D eigenvalue weighted by Gasteiger charge is -2.31.